The number of Topliss-reactive ketones (excluding diaryl/α,β-unsaturated/α-hetero) is 1. The van der Waals surface area contributed by atoms with E-state index < -0.39 is 74.8 Å². The maximum atomic E-state index is 14.4. The highest BCUT2D eigenvalue weighted by Gasteiger charge is 2.63. The fourth-order valence-electron chi connectivity index (χ4n) is 7.08. The van der Waals surface area contributed by atoms with Crippen molar-refractivity contribution in [1.29, 1.82) is 0 Å². The van der Waals surface area contributed by atoms with Crippen LogP contribution >= 0.6 is 0 Å². The second kappa shape index (κ2) is 10.3. The molecule has 0 N–H and O–H groups in total. The van der Waals surface area contributed by atoms with Gasteiger partial charge in [-0.2, -0.15) is 5.01 Å². The largest absolute Gasteiger partial charge is 0.292 e. The summed E-state index contributed by atoms with van der Waals surface area (Å²) in [5.74, 6) is -5.91. The number of rotatable bonds is 7. The minimum atomic E-state index is -1.08. The smallest absolute Gasteiger partial charge is 0.282 e. The molecule has 1 aliphatic heterocycles. The lowest BCUT2D eigenvalue weighted by Gasteiger charge is -2.45. The van der Waals surface area contributed by atoms with Crippen LogP contribution < -0.4 is 0 Å². The number of carbonyl (C=O) groups is 4. The van der Waals surface area contributed by atoms with Crippen molar-refractivity contribution in [3.63, 3.8) is 0 Å². The molecule has 4 aromatic carbocycles. The molecule has 4 aromatic rings. The molecule has 12 heteroatoms. The molecule has 3 amide bonds. The number of nitro groups is 2. The van der Waals surface area contributed by atoms with Crippen LogP contribution in [0.25, 0.3) is 0 Å². The maximum absolute atomic E-state index is 14.4. The number of amides is 3. The molecule has 3 aliphatic carbocycles. The molecule has 0 spiro atoms. The topological polar surface area (TPSA) is 161 Å². The van der Waals surface area contributed by atoms with E-state index in [-0.39, 0.29) is 11.3 Å². The number of non-ortho nitro benzene ring substituents is 1. The van der Waals surface area contributed by atoms with Gasteiger partial charge in [0.25, 0.3) is 29.1 Å². The zero-order chi connectivity index (χ0) is 31.6. The quantitative estimate of drug-likeness (QED) is 0.128. The summed E-state index contributed by atoms with van der Waals surface area (Å²) in [6.07, 6.45) is 0. The first-order valence-electron chi connectivity index (χ1n) is 14.1. The summed E-state index contributed by atoms with van der Waals surface area (Å²) >= 11 is 0. The van der Waals surface area contributed by atoms with Gasteiger partial charge in [-0.25, -0.2) is 5.01 Å². The van der Waals surface area contributed by atoms with Gasteiger partial charge >= 0.3 is 0 Å². The first-order valence-corrected chi connectivity index (χ1v) is 14.1. The Kier molecular flexibility index (Phi) is 6.36. The summed E-state index contributed by atoms with van der Waals surface area (Å²) in [6.45, 7) is -0.825. The van der Waals surface area contributed by atoms with E-state index in [1.165, 1.54) is 30.3 Å². The summed E-state index contributed by atoms with van der Waals surface area (Å²) in [5.41, 5.74) is 2.37. The zero-order valence-electron chi connectivity index (χ0n) is 23.3. The lowest BCUT2D eigenvalue weighted by atomic mass is 9.55. The molecule has 2 bridgehead atoms. The Balaban J connectivity index is 1.33. The summed E-state index contributed by atoms with van der Waals surface area (Å²) in [7, 11) is 0. The molecule has 0 unspecified atom stereocenters. The Bertz CT molecular complexity index is 1860. The number of imide groups is 1. The number of hydrogen-bond donors (Lipinski definition) is 0. The molecular weight excluding hydrogens is 580 g/mol. The summed E-state index contributed by atoms with van der Waals surface area (Å²) in [4.78, 5) is 78.0. The van der Waals surface area contributed by atoms with Crippen molar-refractivity contribution in [2.24, 2.45) is 11.8 Å². The predicted molar refractivity (Wildman–Crippen MR) is 157 cm³/mol. The standard InChI is InChI=1S/C33H22N4O8/c38-26(18-13-15-19(16-14-18)36(42)43)17-34(31(39)24-11-5-6-12-25(24)37(44)45)35-32(40)29-27-20-7-1-2-8-21(20)28(30(29)33(35)41)23-10-4-3-9-22(23)27/h1-16,27-30H,17H2/t27?,28?,29-,30-/m0/s1. The molecule has 222 valence electrons. The van der Waals surface area contributed by atoms with Crippen molar-refractivity contribution in [3.8, 4) is 0 Å². The van der Waals surface area contributed by atoms with Crippen molar-refractivity contribution in [1.82, 2.24) is 10.0 Å². The Labute approximate surface area is 254 Å². The average Bonchev–Trinajstić information content (AvgIpc) is 3.32. The van der Waals surface area contributed by atoms with E-state index in [0.29, 0.717) is 10.0 Å². The first-order chi connectivity index (χ1) is 21.7. The van der Waals surface area contributed by atoms with Crippen molar-refractivity contribution in [3.05, 3.63) is 151 Å². The van der Waals surface area contributed by atoms with Gasteiger partial charge in [-0.05, 0) is 40.5 Å². The van der Waals surface area contributed by atoms with Crippen LogP contribution in [0.3, 0.4) is 0 Å². The molecular formula is C33H22N4O8. The first kappa shape index (κ1) is 27.8. The SMILES string of the molecule is O=C(CN(C(=O)c1ccccc1[N+](=O)[O-])N1C(=O)[C@H]2C3c4ccccc4C(c4ccccc43)[C@@H]2C1=O)c1ccc([N+](=O)[O-])cc1. The monoisotopic (exact) mass is 602 g/mol. The second-order valence-corrected chi connectivity index (χ2v) is 11.1. The van der Waals surface area contributed by atoms with E-state index in [1.807, 2.05) is 48.5 Å². The van der Waals surface area contributed by atoms with Gasteiger partial charge < -0.3 is 0 Å². The Morgan fingerprint density at radius 3 is 1.60 bits per heavy atom. The average molecular weight is 603 g/mol. The number of hydrogen-bond acceptors (Lipinski definition) is 8. The number of para-hydroxylation sites is 1. The minimum Gasteiger partial charge on any atom is -0.292 e. The third-order valence-electron chi connectivity index (χ3n) is 8.93. The molecule has 45 heavy (non-hydrogen) atoms. The van der Waals surface area contributed by atoms with E-state index >= 15 is 0 Å². The van der Waals surface area contributed by atoms with E-state index in [0.717, 1.165) is 40.5 Å². The summed E-state index contributed by atoms with van der Waals surface area (Å²) < 4.78 is 0. The van der Waals surface area contributed by atoms with Gasteiger partial charge in [0.1, 0.15) is 12.1 Å². The van der Waals surface area contributed by atoms with Crippen molar-refractivity contribution < 1.29 is 29.0 Å². The molecule has 0 radical (unpaired) electrons. The van der Waals surface area contributed by atoms with Gasteiger partial charge in [-0.15, -0.1) is 0 Å². The molecule has 4 aliphatic rings. The number of carbonyl (C=O) groups excluding carboxylic acids is 4. The zero-order valence-corrected chi connectivity index (χ0v) is 23.3. The molecule has 1 fully saturated rings. The van der Waals surface area contributed by atoms with Crippen molar-refractivity contribution in [2.75, 3.05) is 6.54 Å². The van der Waals surface area contributed by atoms with Gasteiger partial charge in [0.15, 0.2) is 5.78 Å². The number of ketones is 1. The third kappa shape index (κ3) is 4.13. The van der Waals surface area contributed by atoms with Gasteiger partial charge in [0.05, 0.1) is 21.7 Å². The maximum Gasteiger partial charge on any atom is 0.282 e. The van der Waals surface area contributed by atoms with Crippen LogP contribution in [0.1, 0.15) is 54.8 Å². The number of nitrogens with zero attached hydrogens (tertiary/aromatic N) is 4. The van der Waals surface area contributed by atoms with Crippen LogP contribution in [-0.2, 0) is 9.59 Å². The van der Waals surface area contributed by atoms with Crippen LogP contribution in [-0.4, -0.2) is 49.9 Å². The highest BCUT2D eigenvalue weighted by atomic mass is 16.6. The fourth-order valence-corrected chi connectivity index (χ4v) is 7.08. The van der Waals surface area contributed by atoms with Gasteiger partial charge in [-0.3, -0.25) is 39.4 Å². The van der Waals surface area contributed by atoms with E-state index in [9.17, 15) is 39.4 Å². The molecule has 0 saturated carbocycles. The van der Waals surface area contributed by atoms with Crippen LogP contribution in [0, 0.1) is 32.1 Å². The molecule has 12 nitrogen and oxygen atoms in total. The molecule has 1 saturated heterocycles. The normalized spacial score (nSPS) is 20.7. The van der Waals surface area contributed by atoms with Gasteiger partial charge in [0, 0.05) is 35.6 Å². The minimum absolute atomic E-state index is 0.0163. The Morgan fingerprint density at radius 2 is 1.13 bits per heavy atom. The highest BCUT2D eigenvalue weighted by Crippen LogP contribution is 2.61. The van der Waals surface area contributed by atoms with E-state index in [4.69, 9.17) is 0 Å². The molecule has 2 atom stereocenters. The Hall–Kier alpha value is -6.04. The van der Waals surface area contributed by atoms with E-state index in [1.54, 1.807) is 0 Å². The Morgan fingerprint density at radius 1 is 0.667 bits per heavy atom. The lowest BCUT2D eigenvalue weighted by molar-refractivity contribution is -0.385. The lowest BCUT2D eigenvalue weighted by Crippen LogP contribution is -2.52. The number of hydrazine groups is 1. The third-order valence-corrected chi connectivity index (χ3v) is 8.93. The van der Waals surface area contributed by atoms with Crippen molar-refractivity contribution >= 4 is 34.9 Å². The van der Waals surface area contributed by atoms with Crippen LogP contribution in [0.15, 0.2) is 97.1 Å². The van der Waals surface area contributed by atoms with Crippen LogP contribution in [0.2, 0.25) is 0 Å². The van der Waals surface area contributed by atoms with E-state index in [2.05, 4.69) is 0 Å². The van der Waals surface area contributed by atoms with Gasteiger partial charge in [-0.1, -0.05) is 60.7 Å². The fraction of sp³-hybridized carbons (Fsp3) is 0.152. The highest BCUT2D eigenvalue weighted by molar-refractivity contribution is 6.11. The van der Waals surface area contributed by atoms with Crippen molar-refractivity contribution in [2.45, 2.75) is 11.8 Å². The molecule has 1 heterocycles. The molecule has 0 aromatic heterocycles. The van der Waals surface area contributed by atoms with Gasteiger partial charge in [0.2, 0.25) is 0 Å². The summed E-state index contributed by atoms with van der Waals surface area (Å²) in [5, 5.41) is 24.3. The van der Waals surface area contributed by atoms with Crippen LogP contribution in [0.4, 0.5) is 11.4 Å². The number of nitro benzene ring substituents is 2. The summed E-state index contributed by atoms with van der Waals surface area (Å²) in [6, 6.07) is 24.9. The number of benzene rings is 4. The second-order valence-electron chi connectivity index (χ2n) is 11.1. The predicted octanol–water partition coefficient (Wildman–Crippen LogP) is 4.64. The van der Waals surface area contributed by atoms with Crippen LogP contribution in [0.5, 0.6) is 0 Å². The molecule has 8 rings (SSSR count).